The van der Waals surface area contributed by atoms with Crippen LogP contribution < -0.4 is 10.1 Å². The number of benzene rings is 1. The van der Waals surface area contributed by atoms with Crippen molar-refractivity contribution in [3.8, 4) is 11.8 Å². The molecule has 2 atom stereocenters. The van der Waals surface area contributed by atoms with Crippen LogP contribution in [-0.4, -0.2) is 13.2 Å². The third-order valence-corrected chi connectivity index (χ3v) is 3.50. The Bertz CT molecular complexity index is 437. The Balaban J connectivity index is 2.63. The highest BCUT2D eigenvalue weighted by molar-refractivity contribution is 5.41. The van der Waals surface area contributed by atoms with Gasteiger partial charge < -0.3 is 10.1 Å². The van der Waals surface area contributed by atoms with E-state index in [4.69, 9.17) is 10.00 Å². The number of hydrogen-bond donors (Lipinski definition) is 1. The van der Waals surface area contributed by atoms with Crippen LogP contribution in [0, 0.1) is 17.2 Å². The predicted molar refractivity (Wildman–Crippen MR) is 78.1 cm³/mol. The quantitative estimate of drug-likeness (QED) is 0.816. The first-order chi connectivity index (χ1) is 9.10. The smallest absolute Gasteiger partial charge is 0.123 e. The Kier molecular flexibility index (Phi) is 6.38. The third kappa shape index (κ3) is 4.92. The minimum absolute atomic E-state index is 0.463. The fourth-order valence-electron chi connectivity index (χ4n) is 2.12. The molecule has 1 rings (SSSR count). The van der Waals surface area contributed by atoms with Crippen molar-refractivity contribution in [1.82, 2.24) is 5.32 Å². The van der Waals surface area contributed by atoms with Crippen molar-refractivity contribution in [3.05, 3.63) is 29.3 Å². The van der Waals surface area contributed by atoms with Crippen LogP contribution in [0.1, 0.15) is 44.7 Å². The summed E-state index contributed by atoms with van der Waals surface area (Å²) in [5.41, 5.74) is 1.71. The molecule has 0 heterocycles. The largest absolute Gasteiger partial charge is 0.496 e. The summed E-state index contributed by atoms with van der Waals surface area (Å²) in [5.74, 6) is 1.57. The van der Waals surface area contributed by atoms with Gasteiger partial charge in [-0.15, -0.1) is 0 Å². The summed E-state index contributed by atoms with van der Waals surface area (Å²) in [7, 11) is 1.66. The molecule has 0 radical (unpaired) electrons. The number of nitrogens with zero attached hydrogens (tertiary/aromatic N) is 1. The fourth-order valence-corrected chi connectivity index (χ4v) is 2.12. The van der Waals surface area contributed by atoms with Gasteiger partial charge in [-0.1, -0.05) is 20.3 Å². The molecule has 1 aromatic carbocycles. The second kappa shape index (κ2) is 7.81. The lowest BCUT2D eigenvalue weighted by molar-refractivity contribution is 0.393. The van der Waals surface area contributed by atoms with Crippen LogP contribution in [0.2, 0.25) is 0 Å². The molecule has 104 valence electrons. The minimum Gasteiger partial charge on any atom is -0.496 e. The van der Waals surface area contributed by atoms with Gasteiger partial charge >= 0.3 is 0 Å². The second-order valence-electron chi connectivity index (χ2n) is 5.17. The third-order valence-electron chi connectivity index (χ3n) is 3.50. The zero-order chi connectivity index (χ0) is 14.3. The molecule has 0 saturated carbocycles. The van der Waals surface area contributed by atoms with E-state index < -0.39 is 0 Å². The molecule has 0 fully saturated rings. The molecule has 3 heteroatoms. The van der Waals surface area contributed by atoms with Crippen molar-refractivity contribution in [2.24, 2.45) is 5.92 Å². The first-order valence-electron chi connectivity index (χ1n) is 6.91. The summed E-state index contributed by atoms with van der Waals surface area (Å²) in [6.45, 7) is 7.43. The van der Waals surface area contributed by atoms with Crippen molar-refractivity contribution in [3.63, 3.8) is 0 Å². The highest BCUT2D eigenvalue weighted by atomic mass is 16.5. The Morgan fingerprint density at radius 1 is 1.37 bits per heavy atom. The lowest BCUT2D eigenvalue weighted by atomic mass is 10.00. The minimum atomic E-state index is 0.463. The molecule has 1 N–H and O–H groups in total. The first kappa shape index (κ1) is 15.5. The number of hydrogen-bond acceptors (Lipinski definition) is 3. The molecule has 2 unspecified atom stereocenters. The van der Waals surface area contributed by atoms with Crippen molar-refractivity contribution in [2.45, 2.75) is 46.2 Å². The molecule has 0 aliphatic rings. The zero-order valence-corrected chi connectivity index (χ0v) is 12.4. The predicted octanol–water partition coefficient (Wildman–Crippen LogP) is 3.48. The zero-order valence-electron chi connectivity index (χ0n) is 12.4. The molecule has 0 aliphatic heterocycles. The molecule has 19 heavy (non-hydrogen) atoms. The second-order valence-corrected chi connectivity index (χ2v) is 5.17. The van der Waals surface area contributed by atoms with E-state index in [-0.39, 0.29) is 0 Å². The number of rotatable bonds is 7. The summed E-state index contributed by atoms with van der Waals surface area (Å²) in [4.78, 5) is 0. The van der Waals surface area contributed by atoms with Gasteiger partial charge in [-0.2, -0.15) is 5.26 Å². The van der Waals surface area contributed by atoms with E-state index in [9.17, 15) is 0 Å². The van der Waals surface area contributed by atoms with Gasteiger partial charge in [-0.3, -0.25) is 0 Å². The van der Waals surface area contributed by atoms with Crippen molar-refractivity contribution in [2.75, 3.05) is 7.11 Å². The maximum absolute atomic E-state index is 8.94. The summed E-state index contributed by atoms with van der Waals surface area (Å²) in [5, 5.41) is 12.4. The number of methoxy groups -OCH3 is 1. The van der Waals surface area contributed by atoms with E-state index in [1.807, 2.05) is 12.1 Å². The summed E-state index contributed by atoms with van der Waals surface area (Å²) in [6.07, 6.45) is 2.37. The van der Waals surface area contributed by atoms with Gasteiger partial charge in [-0.25, -0.2) is 0 Å². The first-order valence-corrected chi connectivity index (χ1v) is 6.91. The monoisotopic (exact) mass is 260 g/mol. The lowest BCUT2D eigenvalue weighted by Crippen LogP contribution is -2.27. The average molecular weight is 260 g/mol. The fraction of sp³-hybridized carbons (Fsp3) is 0.562. The van der Waals surface area contributed by atoms with Crippen LogP contribution in [0.5, 0.6) is 5.75 Å². The molecule has 0 amide bonds. The molecule has 0 bridgehead atoms. The SMILES string of the molecule is CCC(C)CC(C)NCc1cc(C#N)ccc1OC. The van der Waals surface area contributed by atoms with Crippen LogP contribution in [0.3, 0.4) is 0 Å². The normalized spacial score (nSPS) is 13.6. The molecule has 0 saturated heterocycles. The number of nitrogens with one attached hydrogen (secondary N) is 1. The molecular weight excluding hydrogens is 236 g/mol. The van der Waals surface area contributed by atoms with E-state index in [1.165, 1.54) is 6.42 Å². The van der Waals surface area contributed by atoms with Crippen molar-refractivity contribution >= 4 is 0 Å². The van der Waals surface area contributed by atoms with E-state index in [2.05, 4.69) is 32.2 Å². The van der Waals surface area contributed by atoms with Crippen LogP contribution >= 0.6 is 0 Å². The van der Waals surface area contributed by atoms with Crippen LogP contribution in [0.25, 0.3) is 0 Å². The van der Waals surface area contributed by atoms with Crippen molar-refractivity contribution < 1.29 is 4.74 Å². The lowest BCUT2D eigenvalue weighted by Gasteiger charge is -2.18. The van der Waals surface area contributed by atoms with Crippen LogP contribution in [-0.2, 0) is 6.54 Å². The maximum Gasteiger partial charge on any atom is 0.123 e. The van der Waals surface area contributed by atoms with Gasteiger partial charge in [0.15, 0.2) is 0 Å². The summed E-state index contributed by atoms with van der Waals surface area (Å²) >= 11 is 0. The maximum atomic E-state index is 8.94. The van der Waals surface area contributed by atoms with Gasteiger partial charge in [0.2, 0.25) is 0 Å². The Morgan fingerprint density at radius 2 is 2.11 bits per heavy atom. The Morgan fingerprint density at radius 3 is 2.68 bits per heavy atom. The van der Waals surface area contributed by atoms with E-state index >= 15 is 0 Å². The van der Waals surface area contributed by atoms with Crippen LogP contribution in [0.4, 0.5) is 0 Å². The highest BCUT2D eigenvalue weighted by Gasteiger charge is 2.09. The highest BCUT2D eigenvalue weighted by Crippen LogP contribution is 2.20. The Hall–Kier alpha value is -1.53. The molecule has 0 spiro atoms. The standard InChI is InChI=1S/C16H24N2O/c1-5-12(2)8-13(3)18-11-15-9-14(10-17)6-7-16(15)19-4/h6-7,9,12-13,18H,5,8,11H2,1-4H3. The van der Waals surface area contributed by atoms with E-state index in [0.29, 0.717) is 11.6 Å². The molecule has 3 nitrogen and oxygen atoms in total. The average Bonchev–Trinajstić information content (AvgIpc) is 2.44. The molecular formula is C16H24N2O. The van der Waals surface area contributed by atoms with Crippen molar-refractivity contribution in [1.29, 1.82) is 5.26 Å². The van der Waals surface area contributed by atoms with E-state index in [0.717, 1.165) is 30.2 Å². The van der Waals surface area contributed by atoms with Gasteiger partial charge in [0.25, 0.3) is 0 Å². The summed E-state index contributed by atoms with van der Waals surface area (Å²) in [6, 6.07) is 8.16. The molecule has 0 aromatic heterocycles. The van der Waals surface area contributed by atoms with Gasteiger partial charge in [0.05, 0.1) is 18.7 Å². The topological polar surface area (TPSA) is 45.0 Å². The van der Waals surface area contributed by atoms with Gasteiger partial charge in [-0.05, 0) is 37.5 Å². The van der Waals surface area contributed by atoms with E-state index in [1.54, 1.807) is 13.2 Å². The van der Waals surface area contributed by atoms with Crippen LogP contribution in [0.15, 0.2) is 18.2 Å². The van der Waals surface area contributed by atoms with Gasteiger partial charge in [0.1, 0.15) is 5.75 Å². The molecule has 1 aromatic rings. The molecule has 0 aliphatic carbocycles. The van der Waals surface area contributed by atoms with Gasteiger partial charge in [0, 0.05) is 18.2 Å². The number of ether oxygens (including phenoxy) is 1. The number of nitriles is 1. The summed E-state index contributed by atoms with van der Waals surface area (Å²) < 4.78 is 5.33. The Labute approximate surface area is 116 Å².